The van der Waals surface area contributed by atoms with Gasteiger partial charge in [-0.2, -0.15) is 0 Å². The highest BCUT2D eigenvalue weighted by atomic mass is 16.4. The molecule has 16 heavy (non-hydrogen) atoms. The quantitative estimate of drug-likeness (QED) is 0.672. The molecule has 0 saturated heterocycles. The minimum Gasteiger partial charge on any atom is -0.480 e. The van der Waals surface area contributed by atoms with Crippen LogP contribution in [0.1, 0.15) is 23.8 Å². The van der Waals surface area contributed by atoms with Crippen molar-refractivity contribution in [3.05, 3.63) is 24.0 Å². The van der Waals surface area contributed by atoms with E-state index < -0.39 is 17.9 Å². The summed E-state index contributed by atoms with van der Waals surface area (Å²) in [6, 6.07) is 2.31. The highest BCUT2D eigenvalue weighted by Crippen LogP contribution is 2.10. The Kier molecular flexibility index (Phi) is 3.82. The van der Waals surface area contributed by atoms with E-state index in [1.807, 2.05) is 0 Å². The molecule has 0 bridgehead atoms. The van der Waals surface area contributed by atoms with Crippen LogP contribution in [0.5, 0.6) is 0 Å². The molecule has 86 valence electrons. The molecule has 1 aromatic heterocycles. The van der Waals surface area contributed by atoms with Gasteiger partial charge in [-0.25, -0.2) is 4.79 Å². The molecule has 0 spiro atoms. The maximum absolute atomic E-state index is 10.9. The normalized spacial score (nSPS) is 11.8. The van der Waals surface area contributed by atoms with E-state index in [4.69, 9.17) is 10.8 Å². The third kappa shape index (κ3) is 2.94. The van der Waals surface area contributed by atoms with Crippen LogP contribution in [-0.2, 0) is 4.79 Å². The van der Waals surface area contributed by atoms with Crippen molar-refractivity contribution in [1.82, 2.24) is 4.98 Å². The van der Waals surface area contributed by atoms with Crippen LogP contribution in [-0.4, -0.2) is 28.0 Å². The number of aliphatic carboxylic acids is 1. The first kappa shape index (κ1) is 12.0. The molecular weight excluding hydrogens is 210 g/mol. The lowest BCUT2D eigenvalue weighted by Gasteiger charge is -2.13. The fourth-order valence-electron chi connectivity index (χ4n) is 1.19. The zero-order valence-corrected chi connectivity index (χ0v) is 8.80. The molecular formula is C10H13N3O3. The van der Waals surface area contributed by atoms with Gasteiger partial charge in [-0.1, -0.05) is 6.92 Å². The van der Waals surface area contributed by atoms with Gasteiger partial charge in [0.25, 0.3) is 5.91 Å². The van der Waals surface area contributed by atoms with E-state index in [-0.39, 0.29) is 5.69 Å². The number of pyridine rings is 1. The van der Waals surface area contributed by atoms with Crippen molar-refractivity contribution >= 4 is 17.6 Å². The van der Waals surface area contributed by atoms with Crippen LogP contribution in [0.4, 0.5) is 5.69 Å². The zero-order chi connectivity index (χ0) is 12.1. The van der Waals surface area contributed by atoms with Gasteiger partial charge in [0.15, 0.2) is 0 Å². The highest BCUT2D eigenvalue weighted by Gasteiger charge is 2.14. The first-order chi connectivity index (χ1) is 7.54. The minimum absolute atomic E-state index is 0.102. The first-order valence-electron chi connectivity index (χ1n) is 4.79. The molecule has 1 atom stereocenters. The molecule has 1 aromatic rings. The van der Waals surface area contributed by atoms with Gasteiger partial charge in [-0.3, -0.25) is 9.78 Å². The molecule has 0 aromatic carbocycles. The van der Waals surface area contributed by atoms with Crippen LogP contribution in [0.15, 0.2) is 18.3 Å². The number of nitrogens with one attached hydrogen (secondary N) is 1. The summed E-state index contributed by atoms with van der Waals surface area (Å²) >= 11 is 0. The van der Waals surface area contributed by atoms with Gasteiger partial charge in [0, 0.05) is 11.9 Å². The number of hydrogen-bond acceptors (Lipinski definition) is 4. The molecule has 1 unspecified atom stereocenters. The molecule has 0 radical (unpaired) electrons. The van der Waals surface area contributed by atoms with Crippen LogP contribution in [0.25, 0.3) is 0 Å². The van der Waals surface area contributed by atoms with Crippen LogP contribution in [0, 0.1) is 0 Å². The lowest BCUT2D eigenvalue weighted by Crippen LogP contribution is -2.28. The van der Waals surface area contributed by atoms with Gasteiger partial charge in [-0.15, -0.1) is 0 Å². The molecule has 6 heteroatoms. The number of nitrogens with zero attached hydrogens (tertiary/aromatic N) is 1. The third-order valence-corrected chi connectivity index (χ3v) is 2.06. The predicted octanol–water partition coefficient (Wildman–Crippen LogP) is 0.456. The van der Waals surface area contributed by atoms with Gasteiger partial charge in [0.1, 0.15) is 11.7 Å². The van der Waals surface area contributed by atoms with E-state index in [2.05, 4.69) is 10.3 Å². The molecule has 0 aliphatic carbocycles. The maximum Gasteiger partial charge on any atom is 0.326 e. The minimum atomic E-state index is -0.945. The molecule has 1 rings (SSSR count). The summed E-state index contributed by atoms with van der Waals surface area (Å²) < 4.78 is 0. The Hall–Kier alpha value is -2.11. The molecule has 0 aliphatic heterocycles. The van der Waals surface area contributed by atoms with E-state index in [1.54, 1.807) is 13.0 Å². The van der Waals surface area contributed by atoms with Crippen molar-refractivity contribution in [3.63, 3.8) is 0 Å². The zero-order valence-electron chi connectivity index (χ0n) is 8.80. The number of anilines is 1. The summed E-state index contributed by atoms with van der Waals surface area (Å²) in [5, 5.41) is 11.6. The largest absolute Gasteiger partial charge is 0.480 e. The smallest absolute Gasteiger partial charge is 0.326 e. The van der Waals surface area contributed by atoms with Gasteiger partial charge >= 0.3 is 5.97 Å². The van der Waals surface area contributed by atoms with E-state index >= 15 is 0 Å². The summed E-state index contributed by atoms with van der Waals surface area (Å²) in [6.45, 7) is 1.75. The van der Waals surface area contributed by atoms with Crippen LogP contribution < -0.4 is 11.1 Å². The Bertz CT molecular complexity index is 406. The summed E-state index contributed by atoms with van der Waals surface area (Å²) in [7, 11) is 0. The van der Waals surface area contributed by atoms with Crippen molar-refractivity contribution in [2.45, 2.75) is 19.4 Å². The number of carbonyl (C=O) groups is 2. The average Bonchev–Trinajstić information content (AvgIpc) is 2.25. The highest BCUT2D eigenvalue weighted by molar-refractivity contribution is 5.91. The molecule has 0 saturated carbocycles. The second-order valence-electron chi connectivity index (χ2n) is 3.24. The second-order valence-corrected chi connectivity index (χ2v) is 3.24. The first-order valence-corrected chi connectivity index (χ1v) is 4.79. The Morgan fingerprint density at radius 2 is 2.31 bits per heavy atom. The molecule has 0 fully saturated rings. The lowest BCUT2D eigenvalue weighted by atomic mass is 10.2. The summed E-state index contributed by atoms with van der Waals surface area (Å²) in [6.07, 6.45) is 1.83. The van der Waals surface area contributed by atoms with Crippen LogP contribution >= 0.6 is 0 Å². The second kappa shape index (κ2) is 5.11. The number of primary amides is 1. The predicted molar refractivity (Wildman–Crippen MR) is 58.1 cm³/mol. The van der Waals surface area contributed by atoms with Gasteiger partial charge in [0.05, 0.1) is 0 Å². The van der Waals surface area contributed by atoms with Crippen molar-refractivity contribution in [2.24, 2.45) is 5.73 Å². The number of rotatable bonds is 5. The summed E-state index contributed by atoms with van der Waals surface area (Å²) in [4.78, 5) is 25.4. The third-order valence-electron chi connectivity index (χ3n) is 2.06. The SMILES string of the molecule is CCC(Nc1ccnc(C(N)=O)c1)C(=O)O. The molecule has 4 N–H and O–H groups in total. The van der Waals surface area contributed by atoms with Crippen molar-refractivity contribution in [1.29, 1.82) is 0 Å². The van der Waals surface area contributed by atoms with Crippen molar-refractivity contribution < 1.29 is 14.7 Å². The van der Waals surface area contributed by atoms with Gasteiger partial charge in [0.2, 0.25) is 0 Å². The molecule has 1 amide bonds. The van der Waals surface area contributed by atoms with Crippen LogP contribution in [0.3, 0.4) is 0 Å². The standard InChI is InChI=1S/C10H13N3O3/c1-2-7(10(15)16)13-6-3-4-12-8(5-6)9(11)14/h3-5,7H,2H2,1H3,(H2,11,14)(H,12,13)(H,15,16). The van der Waals surface area contributed by atoms with Gasteiger partial charge in [-0.05, 0) is 18.6 Å². The Balaban J connectivity index is 2.84. The average molecular weight is 223 g/mol. The fourth-order valence-corrected chi connectivity index (χ4v) is 1.19. The fraction of sp³-hybridized carbons (Fsp3) is 0.300. The number of carbonyl (C=O) groups excluding carboxylic acids is 1. The Labute approximate surface area is 92.5 Å². The molecule has 0 aliphatic rings. The number of carboxylic acid groups (broad SMARTS) is 1. The number of hydrogen-bond donors (Lipinski definition) is 3. The van der Waals surface area contributed by atoms with E-state index in [9.17, 15) is 9.59 Å². The maximum atomic E-state index is 10.9. The molecule has 6 nitrogen and oxygen atoms in total. The Morgan fingerprint density at radius 1 is 1.62 bits per heavy atom. The molecule has 1 heterocycles. The van der Waals surface area contributed by atoms with E-state index in [0.717, 1.165) is 0 Å². The summed E-state index contributed by atoms with van der Waals surface area (Å²) in [5.74, 6) is -1.59. The summed E-state index contributed by atoms with van der Waals surface area (Å²) in [5.41, 5.74) is 5.67. The number of nitrogens with two attached hydrogens (primary N) is 1. The number of aromatic nitrogens is 1. The van der Waals surface area contributed by atoms with Crippen molar-refractivity contribution in [2.75, 3.05) is 5.32 Å². The topological polar surface area (TPSA) is 105 Å². The van der Waals surface area contributed by atoms with Crippen LogP contribution in [0.2, 0.25) is 0 Å². The number of amides is 1. The monoisotopic (exact) mass is 223 g/mol. The van der Waals surface area contributed by atoms with Crippen molar-refractivity contribution in [3.8, 4) is 0 Å². The Morgan fingerprint density at radius 3 is 2.81 bits per heavy atom. The van der Waals surface area contributed by atoms with E-state index in [0.29, 0.717) is 12.1 Å². The lowest BCUT2D eigenvalue weighted by molar-refractivity contribution is -0.137. The van der Waals surface area contributed by atoms with Gasteiger partial charge < -0.3 is 16.2 Å². The number of carboxylic acids is 1. The van der Waals surface area contributed by atoms with E-state index in [1.165, 1.54) is 12.3 Å².